The molecule has 1 aliphatic rings. The number of amides is 3. The number of ether oxygens (including phenoxy) is 1. The summed E-state index contributed by atoms with van der Waals surface area (Å²) >= 11 is 0. The zero-order chi connectivity index (χ0) is 22.1. The zero-order valence-electron chi connectivity index (χ0n) is 16.6. The first-order chi connectivity index (χ1) is 14.9. The highest BCUT2D eigenvalue weighted by atomic mass is 16.5. The van der Waals surface area contributed by atoms with Crippen molar-refractivity contribution in [2.45, 2.75) is 13.3 Å². The van der Waals surface area contributed by atoms with E-state index in [4.69, 9.17) is 9.15 Å². The van der Waals surface area contributed by atoms with Gasteiger partial charge in [-0.3, -0.25) is 19.8 Å². The number of fused-ring (bicyclic) bond motifs is 2. The summed E-state index contributed by atoms with van der Waals surface area (Å²) in [6.45, 7) is 5.05. The number of aryl methyl sites for hydroxylation is 1. The number of rotatable bonds is 6. The first-order valence-corrected chi connectivity index (χ1v) is 9.48. The lowest BCUT2D eigenvalue weighted by Gasteiger charge is -2.16. The molecule has 1 N–H and O–H groups in total. The maximum Gasteiger partial charge on any atom is 0.336 e. The van der Waals surface area contributed by atoms with E-state index in [1.165, 1.54) is 18.2 Å². The minimum Gasteiger partial charge on any atom is -0.483 e. The van der Waals surface area contributed by atoms with Crippen molar-refractivity contribution in [1.82, 2.24) is 10.4 Å². The van der Waals surface area contributed by atoms with E-state index >= 15 is 0 Å². The SMILES string of the molecule is C=CCc1c(OCC(=O)NN2C(=O)c3ccccc3C2=O)ccc2c(C)cc(=O)oc12. The molecule has 0 saturated heterocycles. The Kier molecular flexibility index (Phi) is 5.12. The van der Waals surface area contributed by atoms with Crippen LogP contribution in [0.4, 0.5) is 0 Å². The lowest BCUT2D eigenvalue weighted by molar-refractivity contribution is -0.126. The molecule has 156 valence electrons. The molecule has 0 unspecified atom stereocenters. The number of nitrogens with zero attached hydrogens (tertiary/aromatic N) is 1. The van der Waals surface area contributed by atoms with Crippen LogP contribution in [0, 0.1) is 6.92 Å². The maximum atomic E-state index is 12.4. The number of carbonyl (C=O) groups is 3. The van der Waals surface area contributed by atoms with E-state index in [-0.39, 0.29) is 11.1 Å². The topological polar surface area (TPSA) is 106 Å². The molecule has 4 rings (SSSR count). The molecule has 3 amide bonds. The monoisotopic (exact) mass is 418 g/mol. The summed E-state index contributed by atoms with van der Waals surface area (Å²) in [5.74, 6) is -1.57. The van der Waals surface area contributed by atoms with Crippen LogP contribution in [0.5, 0.6) is 5.75 Å². The first-order valence-electron chi connectivity index (χ1n) is 9.48. The van der Waals surface area contributed by atoms with E-state index in [0.29, 0.717) is 28.3 Å². The Labute approximate surface area is 176 Å². The largest absolute Gasteiger partial charge is 0.483 e. The van der Waals surface area contributed by atoms with Crippen molar-refractivity contribution < 1.29 is 23.5 Å². The van der Waals surface area contributed by atoms with Gasteiger partial charge >= 0.3 is 5.63 Å². The Morgan fingerprint density at radius 3 is 2.45 bits per heavy atom. The predicted octanol–water partition coefficient (Wildman–Crippen LogP) is 2.54. The van der Waals surface area contributed by atoms with Crippen molar-refractivity contribution in [1.29, 1.82) is 0 Å². The average Bonchev–Trinajstić information content (AvgIpc) is 2.98. The third-order valence-corrected chi connectivity index (χ3v) is 4.92. The molecule has 0 saturated carbocycles. The fourth-order valence-corrected chi connectivity index (χ4v) is 3.49. The van der Waals surface area contributed by atoms with Crippen molar-refractivity contribution in [3.05, 3.63) is 87.8 Å². The molecule has 8 nitrogen and oxygen atoms in total. The van der Waals surface area contributed by atoms with Crippen molar-refractivity contribution in [3.8, 4) is 5.75 Å². The van der Waals surface area contributed by atoms with Crippen LogP contribution in [0.3, 0.4) is 0 Å². The van der Waals surface area contributed by atoms with E-state index < -0.39 is 30.0 Å². The van der Waals surface area contributed by atoms with Crippen LogP contribution >= 0.6 is 0 Å². The van der Waals surface area contributed by atoms with Gasteiger partial charge in [-0.1, -0.05) is 18.2 Å². The summed E-state index contributed by atoms with van der Waals surface area (Å²) in [5, 5.41) is 1.42. The van der Waals surface area contributed by atoms with Gasteiger partial charge in [-0.25, -0.2) is 4.79 Å². The van der Waals surface area contributed by atoms with Gasteiger partial charge in [-0.15, -0.1) is 6.58 Å². The number of nitrogens with one attached hydrogen (secondary N) is 1. The Morgan fingerprint density at radius 2 is 1.81 bits per heavy atom. The molecule has 0 aliphatic carbocycles. The number of hydrogen-bond donors (Lipinski definition) is 1. The number of allylic oxidation sites excluding steroid dienone is 1. The van der Waals surface area contributed by atoms with Gasteiger partial charge in [0.15, 0.2) is 6.61 Å². The molecular weight excluding hydrogens is 400 g/mol. The van der Waals surface area contributed by atoms with Crippen LogP contribution in [0.2, 0.25) is 0 Å². The Morgan fingerprint density at radius 1 is 1.13 bits per heavy atom. The summed E-state index contributed by atoms with van der Waals surface area (Å²) < 4.78 is 11.0. The molecule has 0 atom stereocenters. The highest BCUT2D eigenvalue weighted by molar-refractivity contribution is 6.21. The second kappa shape index (κ2) is 7.91. The van der Waals surface area contributed by atoms with E-state index in [0.717, 1.165) is 10.9 Å². The lowest BCUT2D eigenvalue weighted by atomic mass is 10.0. The van der Waals surface area contributed by atoms with Crippen LogP contribution in [0.25, 0.3) is 11.0 Å². The van der Waals surface area contributed by atoms with E-state index in [9.17, 15) is 19.2 Å². The van der Waals surface area contributed by atoms with Gasteiger partial charge in [0.05, 0.1) is 11.1 Å². The van der Waals surface area contributed by atoms with Gasteiger partial charge in [-0.2, -0.15) is 5.01 Å². The van der Waals surface area contributed by atoms with Crippen LogP contribution in [-0.2, 0) is 11.2 Å². The normalized spacial score (nSPS) is 12.7. The highest BCUT2D eigenvalue weighted by Crippen LogP contribution is 2.30. The zero-order valence-corrected chi connectivity index (χ0v) is 16.6. The van der Waals surface area contributed by atoms with Gasteiger partial charge in [0.1, 0.15) is 11.3 Å². The molecule has 31 heavy (non-hydrogen) atoms. The van der Waals surface area contributed by atoms with Gasteiger partial charge in [-0.05, 0) is 43.2 Å². The number of imide groups is 1. The number of hydrogen-bond acceptors (Lipinski definition) is 6. The van der Waals surface area contributed by atoms with Crippen molar-refractivity contribution in [2.24, 2.45) is 0 Å². The van der Waals surface area contributed by atoms with E-state index in [1.54, 1.807) is 37.3 Å². The lowest BCUT2D eigenvalue weighted by Crippen LogP contribution is -2.47. The molecule has 2 aromatic carbocycles. The van der Waals surface area contributed by atoms with Crippen LogP contribution in [0.1, 0.15) is 31.8 Å². The van der Waals surface area contributed by atoms with Crippen molar-refractivity contribution in [2.75, 3.05) is 6.61 Å². The van der Waals surface area contributed by atoms with E-state index in [1.807, 2.05) is 0 Å². The number of benzene rings is 2. The molecule has 3 aromatic rings. The second-order valence-corrected chi connectivity index (χ2v) is 6.98. The standard InChI is InChI=1S/C23H18N2O6/c1-3-6-17-18(10-9-14-13(2)11-20(27)31-21(14)17)30-12-19(26)24-25-22(28)15-7-4-5-8-16(15)23(25)29/h3-5,7-11H,1,6,12H2,2H3,(H,24,26). The smallest absolute Gasteiger partial charge is 0.336 e. The molecule has 0 spiro atoms. The van der Waals surface area contributed by atoms with E-state index in [2.05, 4.69) is 12.0 Å². The number of carbonyl (C=O) groups excluding carboxylic acids is 3. The third kappa shape index (κ3) is 3.59. The molecule has 0 bridgehead atoms. The fourth-order valence-electron chi connectivity index (χ4n) is 3.49. The minimum atomic E-state index is -0.690. The molecule has 8 heteroatoms. The van der Waals surface area contributed by atoms with Crippen molar-refractivity contribution >= 4 is 28.7 Å². The molecule has 0 fully saturated rings. The predicted molar refractivity (Wildman–Crippen MR) is 112 cm³/mol. The third-order valence-electron chi connectivity index (χ3n) is 4.92. The molecule has 2 heterocycles. The highest BCUT2D eigenvalue weighted by Gasteiger charge is 2.36. The molecule has 0 radical (unpaired) electrons. The summed E-state index contributed by atoms with van der Waals surface area (Å²) in [5.41, 5.74) is 3.93. The second-order valence-electron chi connectivity index (χ2n) is 6.98. The summed E-state index contributed by atoms with van der Waals surface area (Å²) in [7, 11) is 0. The van der Waals surface area contributed by atoms with Crippen LogP contribution in [0.15, 0.2) is 64.3 Å². The Bertz CT molecular complexity index is 1270. The van der Waals surface area contributed by atoms with Gasteiger partial charge in [0, 0.05) is 17.0 Å². The summed E-state index contributed by atoms with van der Waals surface area (Å²) in [4.78, 5) is 48.9. The van der Waals surface area contributed by atoms with Gasteiger partial charge in [0.25, 0.3) is 17.7 Å². The average molecular weight is 418 g/mol. The van der Waals surface area contributed by atoms with Gasteiger partial charge in [0.2, 0.25) is 0 Å². The fraction of sp³-hybridized carbons (Fsp3) is 0.130. The van der Waals surface area contributed by atoms with Gasteiger partial charge < -0.3 is 9.15 Å². The quantitative estimate of drug-likeness (QED) is 0.375. The molecule has 1 aliphatic heterocycles. The first kappa shape index (κ1) is 20.1. The Hall–Kier alpha value is -4.20. The Balaban J connectivity index is 1.53. The van der Waals surface area contributed by atoms with Crippen LogP contribution < -0.4 is 15.8 Å². The summed E-state index contributed by atoms with van der Waals surface area (Å²) in [6.07, 6.45) is 1.97. The maximum absolute atomic E-state index is 12.4. The molecular formula is C23H18N2O6. The number of hydrazine groups is 1. The van der Waals surface area contributed by atoms with Crippen LogP contribution in [-0.4, -0.2) is 29.3 Å². The summed E-state index contributed by atoms with van der Waals surface area (Å²) in [6, 6.07) is 11.1. The molecule has 1 aromatic heterocycles. The van der Waals surface area contributed by atoms with Crippen molar-refractivity contribution in [3.63, 3.8) is 0 Å². The minimum absolute atomic E-state index is 0.224.